The van der Waals surface area contributed by atoms with Gasteiger partial charge in [0.2, 0.25) is 0 Å². The van der Waals surface area contributed by atoms with Crippen LogP contribution < -0.4 is 0 Å². The van der Waals surface area contributed by atoms with Crippen molar-refractivity contribution in [2.75, 3.05) is 26.2 Å². The zero-order valence-electron chi connectivity index (χ0n) is 8.48. The van der Waals surface area contributed by atoms with Gasteiger partial charge in [0.05, 0.1) is 0 Å². The van der Waals surface area contributed by atoms with E-state index in [2.05, 4.69) is 11.7 Å². The molecule has 2 aliphatic rings. The summed E-state index contributed by atoms with van der Waals surface area (Å²) in [6, 6.07) is 0. The van der Waals surface area contributed by atoms with Crippen molar-refractivity contribution in [1.29, 1.82) is 0 Å². The first-order chi connectivity index (χ1) is 6.95. The van der Waals surface area contributed by atoms with Gasteiger partial charge in [-0.3, -0.25) is 0 Å². The maximum absolute atomic E-state index is 5.62. The molecule has 0 bridgehead atoms. The Morgan fingerprint density at radius 2 is 2.21 bits per heavy atom. The summed E-state index contributed by atoms with van der Waals surface area (Å²) in [5.41, 5.74) is 0. The van der Waals surface area contributed by atoms with Gasteiger partial charge in [0.25, 0.3) is 0 Å². The molecular formula is C10H16InN2O. The molecule has 0 N–H and O–H groups in total. The molecule has 1 saturated heterocycles. The number of rotatable bonds is 4. The normalized spacial score (nSPS) is 21.9. The Morgan fingerprint density at radius 1 is 1.36 bits per heavy atom. The number of hydrogen-bond acceptors (Lipinski definition) is 3. The molecule has 0 aromatic carbocycles. The molecule has 2 heterocycles. The van der Waals surface area contributed by atoms with Crippen molar-refractivity contribution in [3.8, 4) is 0 Å². The van der Waals surface area contributed by atoms with Crippen molar-refractivity contribution in [1.82, 2.24) is 4.90 Å². The van der Waals surface area contributed by atoms with E-state index < -0.39 is 23.2 Å². The van der Waals surface area contributed by atoms with E-state index in [9.17, 15) is 0 Å². The third kappa shape index (κ3) is 3.31. The Kier molecular flexibility index (Phi) is 4.38. The van der Waals surface area contributed by atoms with Crippen LogP contribution in [0.1, 0.15) is 19.3 Å². The summed E-state index contributed by atoms with van der Waals surface area (Å²) >= 11 is -0.683. The van der Waals surface area contributed by atoms with E-state index in [1.165, 1.54) is 32.4 Å². The molecule has 0 aromatic rings. The minimum absolute atomic E-state index is 0.683. The molecule has 0 aliphatic carbocycles. The van der Waals surface area contributed by atoms with Gasteiger partial charge in [0, 0.05) is 0 Å². The fraction of sp³-hybridized carbons (Fsp3) is 0.700. The Morgan fingerprint density at radius 3 is 2.93 bits per heavy atom. The Balaban J connectivity index is 1.59. The summed E-state index contributed by atoms with van der Waals surface area (Å²) in [4.78, 5) is 2.50. The molecule has 3 nitrogen and oxygen atoms in total. The van der Waals surface area contributed by atoms with Crippen LogP contribution in [0.5, 0.6) is 0 Å². The van der Waals surface area contributed by atoms with Crippen LogP contribution in [0.25, 0.3) is 0 Å². The summed E-state index contributed by atoms with van der Waals surface area (Å²) in [6.45, 7) is 4.43. The molecule has 0 aromatic heterocycles. The third-order valence-corrected chi connectivity index (χ3v) is 4.93. The van der Waals surface area contributed by atoms with Gasteiger partial charge in [0.1, 0.15) is 0 Å². The van der Waals surface area contributed by atoms with Gasteiger partial charge in [-0.15, -0.1) is 0 Å². The van der Waals surface area contributed by atoms with E-state index in [-0.39, 0.29) is 0 Å². The molecule has 0 amide bonds. The molecule has 1 fully saturated rings. The molecule has 0 saturated carbocycles. The van der Waals surface area contributed by atoms with E-state index in [0.29, 0.717) is 0 Å². The standard InChI is InChI=1S/C10H16N2O.In/c1-10(9-11)13-8-7-12-5-3-2-4-6-12;/h1,9H,2-8H2;/q-1;+1. The molecular weight excluding hydrogens is 279 g/mol. The topological polar surface area (TPSA) is 24.8 Å². The first-order valence-electron chi connectivity index (χ1n) is 5.37. The summed E-state index contributed by atoms with van der Waals surface area (Å²) in [5.74, 6) is 1.03. The van der Waals surface area contributed by atoms with Gasteiger partial charge in [-0.2, -0.15) is 0 Å². The SMILES string of the molecule is C1=[N][In][CH]=C1OCCN1CCCCC1. The van der Waals surface area contributed by atoms with E-state index in [0.717, 1.165) is 18.9 Å². The second-order valence-electron chi connectivity index (χ2n) is 3.75. The Hall–Kier alpha value is 0.0401. The number of ether oxygens (including phenoxy) is 1. The van der Waals surface area contributed by atoms with Gasteiger partial charge >= 0.3 is 97.1 Å². The molecule has 75 valence electrons. The van der Waals surface area contributed by atoms with Crippen molar-refractivity contribution >= 4 is 29.4 Å². The Bertz CT molecular complexity index is 234. The average molecular weight is 295 g/mol. The fourth-order valence-corrected chi connectivity index (χ4v) is 3.69. The predicted molar refractivity (Wildman–Crippen MR) is 58.6 cm³/mol. The van der Waals surface area contributed by atoms with Crippen molar-refractivity contribution < 1.29 is 4.74 Å². The zero-order chi connectivity index (χ0) is 9.64. The first kappa shape index (κ1) is 10.6. The van der Waals surface area contributed by atoms with Gasteiger partial charge in [-0.1, -0.05) is 0 Å². The fourth-order valence-electron chi connectivity index (χ4n) is 1.84. The van der Waals surface area contributed by atoms with Crippen molar-refractivity contribution in [2.45, 2.75) is 19.3 Å². The summed E-state index contributed by atoms with van der Waals surface area (Å²) in [6.07, 6.45) is 6.03. The van der Waals surface area contributed by atoms with Crippen LogP contribution >= 0.6 is 0 Å². The molecule has 14 heavy (non-hydrogen) atoms. The van der Waals surface area contributed by atoms with E-state index >= 15 is 0 Å². The van der Waals surface area contributed by atoms with Crippen molar-refractivity contribution in [3.05, 3.63) is 9.59 Å². The van der Waals surface area contributed by atoms with Crippen LogP contribution in [-0.4, -0.2) is 60.5 Å². The number of hydrogen-bond donors (Lipinski definition) is 0. The van der Waals surface area contributed by atoms with Crippen LogP contribution in [0.4, 0.5) is 0 Å². The zero-order valence-corrected chi connectivity index (χ0v) is 11.8. The minimum atomic E-state index is -0.683. The quantitative estimate of drug-likeness (QED) is 0.774. The number of piperidine rings is 1. The van der Waals surface area contributed by atoms with Gasteiger partial charge in [-0.25, -0.2) is 0 Å². The van der Waals surface area contributed by atoms with Crippen LogP contribution in [0.15, 0.2) is 12.6 Å². The van der Waals surface area contributed by atoms with E-state index in [4.69, 9.17) is 4.74 Å². The van der Waals surface area contributed by atoms with Gasteiger partial charge < -0.3 is 0 Å². The second kappa shape index (κ2) is 5.81. The molecule has 0 unspecified atom stereocenters. The first-order valence-corrected chi connectivity index (χ1v) is 8.75. The van der Waals surface area contributed by atoms with E-state index in [1.54, 1.807) is 0 Å². The average Bonchev–Trinajstić information content (AvgIpc) is 2.72. The molecule has 4 heteroatoms. The van der Waals surface area contributed by atoms with Crippen LogP contribution in [0.2, 0.25) is 0 Å². The molecule has 0 atom stereocenters. The predicted octanol–water partition coefficient (Wildman–Crippen LogP) is 1.03. The summed E-state index contributed by atoms with van der Waals surface area (Å²) in [5, 5.41) is 0. The van der Waals surface area contributed by atoms with Gasteiger partial charge in [-0.05, 0) is 0 Å². The van der Waals surface area contributed by atoms with Crippen LogP contribution in [0.3, 0.4) is 0 Å². The molecule has 0 spiro atoms. The summed E-state index contributed by atoms with van der Waals surface area (Å²) in [7, 11) is 0. The third-order valence-electron chi connectivity index (χ3n) is 2.65. The summed E-state index contributed by atoms with van der Waals surface area (Å²) < 4.78 is 12.1. The second-order valence-corrected chi connectivity index (χ2v) is 6.40. The monoisotopic (exact) mass is 295 g/mol. The molecule has 2 aliphatic heterocycles. The number of nitrogens with zero attached hydrogens (tertiary/aromatic N) is 2. The molecule has 2 rings (SSSR count). The van der Waals surface area contributed by atoms with E-state index in [1.807, 2.05) is 6.21 Å². The van der Waals surface area contributed by atoms with Crippen molar-refractivity contribution in [2.24, 2.45) is 2.98 Å². The van der Waals surface area contributed by atoms with Crippen LogP contribution in [-0.2, 0) is 4.74 Å². The van der Waals surface area contributed by atoms with Crippen LogP contribution in [0, 0.1) is 0 Å². The number of likely N-dealkylation sites (tertiary alicyclic amines) is 1. The molecule has 1 radical (unpaired) electrons. The Labute approximate surface area is 97.0 Å². The number of allylic oxidation sites excluding steroid dienone is 1. The van der Waals surface area contributed by atoms with Gasteiger partial charge in [0.15, 0.2) is 0 Å². The van der Waals surface area contributed by atoms with Crippen molar-refractivity contribution in [3.63, 3.8) is 0 Å². The maximum atomic E-state index is 5.62.